The van der Waals surface area contributed by atoms with Crippen molar-refractivity contribution in [1.29, 1.82) is 0 Å². The lowest BCUT2D eigenvalue weighted by molar-refractivity contribution is 0.568. The number of nitrogens with one attached hydrogen (secondary N) is 1. The van der Waals surface area contributed by atoms with E-state index in [9.17, 15) is 0 Å². The summed E-state index contributed by atoms with van der Waals surface area (Å²) in [5, 5.41) is 15.0. The van der Waals surface area contributed by atoms with Crippen LogP contribution < -0.4 is 10.2 Å². The van der Waals surface area contributed by atoms with Crippen molar-refractivity contribution in [3.63, 3.8) is 0 Å². The van der Waals surface area contributed by atoms with Gasteiger partial charge in [-0.1, -0.05) is 24.3 Å². The standard InChI is InChI=1S/C17H22N4/c1-12-15-6-2-3-7-16(15)17(20-19-12)21-10-4-5-14(21)11-18-13-8-9-13/h2-3,6-7,13-14,18H,4-5,8-11H2,1H3. The molecule has 1 N–H and O–H groups in total. The minimum Gasteiger partial charge on any atom is -0.350 e. The Morgan fingerprint density at radius 2 is 1.95 bits per heavy atom. The van der Waals surface area contributed by atoms with Crippen molar-refractivity contribution in [3.05, 3.63) is 30.0 Å². The molecule has 1 saturated heterocycles. The smallest absolute Gasteiger partial charge is 0.159 e. The molecule has 0 spiro atoms. The summed E-state index contributed by atoms with van der Waals surface area (Å²) >= 11 is 0. The zero-order valence-electron chi connectivity index (χ0n) is 12.5. The van der Waals surface area contributed by atoms with Gasteiger partial charge in [0.2, 0.25) is 0 Å². The van der Waals surface area contributed by atoms with E-state index in [-0.39, 0.29) is 0 Å². The summed E-state index contributed by atoms with van der Waals surface area (Å²) in [5.41, 5.74) is 1.02. The van der Waals surface area contributed by atoms with E-state index in [1.54, 1.807) is 0 Å². The maximum Gasteiger partial charge on any atom is 0.159 e. The number of benzene rings is 1. The van der Waals surface area contributed by atoms with E-state index in [1.165, 1.54) is 36.5 Å². The van der Waals surface area contributed by atoms with E-state index in [0.717, 1.165) is 30.6 Å². The Hall–Kier alpha value is -1.68. The second-order valence-corrected chi connectivity index (χ2v) is 6.33. The third-order valence-electron chi connectivity index (χ3n) is 4.72. The van der Waals surface area contributed by atoms with Gasteiger partial charge in [0.05, 0.1) is 5.69 Å². The zero-order valence-corrected chi connectivity index (χ0v) is 12.5. The largest absolute Gasteiger partial charge is 0.350 e. The molecule has 1 unspecified atom stereocenters. The minimum absolute atomic E-state index is 0.561. The molecule has 4 heteroatoms. The van der Waals surface area contributed by atoms with Crippen LogP contribution in [0, 0.1) is 6.92 Å². The van der Waals surface area contributed by atoms with Crippen LogP contribution in [-0.2, 0) is 0 Å². The third kappa shape index (κ3) is 2.48. The van der Waals surface area contributed by atoms with Gasteiger partial charge in [0.15, 0.2) is 5.82 Å². The number of anilines is 1. The summed E-state index contributed by atoms with van der Waals surface area (Å²) in [6, 6.07) is 9.84. The van der Waals surface area contributed by atoms with Gasteiger partial charge in [-0.15, -0.1) is 5.10 Å². The predicted molar refractivity (Wildman–Crippen MR) is 85.7 cm³/mol. The van der Waals surface area contributed by atoms with Gasteiger partial charge in [0.25, 0.3) is 0 Å². The molecule has 1 aromatic carbocycles. The predicted octanol–water partition coefficient (Wildman–Crippen LogP) is 2.66. The number of hydrogen-bond donors (Lipinski definition) is 1. The molecule has 0 radical (unpaired) electrons. The van der Waals surface area contributed by atoms with Crippen molar-refractivity contribution in [2.75, 3.05) is 18.0 Å². The summed E-state index contributed by atoms with van der Waals surface area (Å²) in [4.78, 5) is 2.46. The molecule has 1 aliphatic heterocycles. The van der Waals surface area contributed by atoms with Crippen LogP contribution in [0.5, 0.6) is 0 Å². The first-order valence-corrected chi connectivity index (χ1v) is 8.05. The molecule has 1 aliphatic carbocycles. The van der Waals surface area contributed by atoms with E-state index in [2.05, 4.69) is 44.7 Å². The fourth-order valence-corrected chi connectivity index (χ4v) is 3.35. The maximum absolute atomic E-state index is 4.53. The van der Waals surface area contributed by atoms with Crippen LogP contribution in [0.15, 0.2) is 24.3 Å². The molecule has 110 valence electrons. The molecular weight excluding hydrogens is 260 g/mol. The molecule has 1 saturated carbocycles. The molecule has 2 aliphatic rings. The van der Waals surface area contributed by atoms with Crippen LogP contribution in [0.25, 0.3) is 10.8 Å². The van der Waals surface area contributed by atoms with Crippen LogP contribution in [0.4, 0.5) is 5.82 Å². The summed E-state index contributed by atoms with van der Waals surface area (Å²) in [6.07, 6.45) is 5.20. The van der Waals surface area contributed by atoms with E-state index in [1.807, 2.05) is 6.92 Å². The number of hydrogen-bond acceptors (Lipinski definition) is 4. The van der Waals surface area contributed by atoms with Gasteiger partial charge in [0.1, 0.15) is 0 Å². The van der Waals surface area contributed by atoms with Crippen LogP contribution in [0.2, 0.25) is 0 Å². The molecule has 4 nitrogen and oxygen atoms in total. The number of nitrogens with zero attached hydrogens (tertiary/aromatic N) is 3. The van der Waals surface area contributed by atoms with Gasteiger partial charge >= 0.3 is 0 Å². The molecule has 2 heterocycles. The Balaban J connectivity index is 1.66. The van der Waals surface area contributed by atoms with Crippen LogP contribution in [0.1, 0.15) is 31.4 Å². The van der Waals surface area contributed by atoms with Crippen molar-refractivity contribution < 1.29 is 0 Å². The normalized spacial score (nSPS) is 22.1. The highest BCUT2D eigenvalue weighted by Crippen LogP contribution is 2.31. The number of rotatable bonds is 4. The van der Waals surface area contributed by atoms with Gasteiger partial charge in [-0.05, 0) is 32.6 Å². The van der Waals surface area contributed by atoms with Gasteiger partial charge in [0, 0.05) is 35.9 Å². The quantitative estimate of drug-likeness (QED) is 0.936. The fraction of sp³-hybridized carbons (Fsp3) is 0.529. The second-order valence-electron chi connectivity index (χ2n) is 6.33. The Morgan fingerprint density at radius 3 is 2.76 bits per heavy atom. The highest BCUT2D eigenvalue weighted by Gasteiger charge is 2.29. The fourth-order valence-electron chi connectivity index (χ4n) is 3.35. The van der Waals surface area contributed by atoms with Crippen molar-refractivity contribution in [2.24, 2.45) is 0 Å². The summed E-state index contributed by atoms with van der Waals surface area (Å²) in [6.45, 7) is 4.21. The van der Waals surface area contributed by atoms with E-state index >= 15 is 0 Å². The van der Waals surface area contributed by atoms with E-state index in [0.29, 0.717) is 6.04 Å². The van der Waals surface area contributed by atoms with E-state index in [4.69, 9.17) is 0 Å². The van der Waals surface area contributed by atoms with Gasteiger partial charge in [-0.3, -0.25) is 0 Å². The average Bonchev–Trinajstić information content (AvgIpc) is 3.23. The number of aromatic nitrogens is 2. The zero-order chi connectivity index (χ0) is 14.2. The Kier molecular flexibility index (Phi) is 3.26. The second kappa shape index (κ2) is 5.26. The van der Waals surface area contributed by atoms with Crippen molar-refractivity contribution in [3.8, 4) is 0 Å². The molecular formula is C17H22N4. The minimum atomic E-state index is 0.561. The molecule has 1 atom stereocenters. The SMILES string of the molecule is Cc1nnc(N2CCCC2CNC2CC2)c2ccccc12. The van der Waals surface area contributed by atoms with Gasteiger partial charge in [-0.2, -0.15) is 5.10 Å². The summed E-state index contributed by atoms with van der Waals surface area (Å²) in [5.74, 6) is 1.07. The summed E-state index contributed by atoms with van der Waals surface area (Å²) < 4.78 is 0. The monoisotopic (exact) mass is 282 g/mol. The molecule has 21 heavy (non-hydrogen) atoms. The summed E-state index contributed by atoms with van der Waals surface area (Å²) in [7, 11) is 0. The van der Waals surface area contributed by atoms with Crippen molar-refractivity contribution >= 4 is 16.6 Å². The average molecular weight is 282 g/mol. The number of fused-ring (bicyclic) bond motifs is 1. The van der Waals surface area contributed by atoms with Gasteiger partial charge < -0.3 is 10.2 Å². The molecule has 4 rings (SSSR count). The Labute approximate surface area is 125 Å². The first-order chi connectivity index (χ1) is 10.3. The van der Waals surface area contributed by atoms with Gasteiger partial charge in [-0.25, -0.2) is 0 Å². The molecule has 0 amide bonds. The van der Waals surface area contributed by atoms with Crippen LogP contribution >= 0.6 is 0 Å². The maximum atomic E-state index is 4.53. The molecule has 1 aromatic heterocycles. The Morgan fingerprint density at radius 1 is 1.14 bits per heavy atom. The lowest BCUT2D eigenvalue weighted by atomic mass is 10.1. The van der Waals surface area contributed by atoms with Crippen LogP contribution in [-0.4, -0.2) is 35.4 Å². The molecule has 2 fully saturated rings. The number of aryl methyl sites for hydroxylation is 1. The molecule has 2 aromatic rings. The topological polar surface area (TPSA) is 41.1 Å². The highest BCUT2D eigenvalue weighted by atomic mass is 15.3. The highest BCUT2D eigenvalue weighted by molar-refractivity contribution is 5.93. The third-order valence-corrected chi connectivity index (χ3v) is 4.72. The lowest BCUT2D eigenvalue weighted by Gasteiger charge is -2.27. The van der Waals surface area contributed by atoms with Crippen molar-refractivity contribution in [1.82, 2.24) is 15.5 Å². The first-order valence-electron chi connectivity index (χ1n) is 8.05. The van der Waals surface area contributed by atoms with Crippen LogP contribution in [0.3, 0.4) is 0 Å². The van der Waals surface area contributed by atoms with Crippen molar-refractivity contribution in [2.45, 2.75) is 44.7 Å². The Bertz CT molecular complexity index is 650. The molecule has 0 bridgehead atoms. The first kappa shape index (κ1) is 13.0. The van der Waals surface area contributed by atoms with E-state index < -0.39 is 0 Å². The lowest BCUT2D eigenvalue weighted by Crippen LogP contribution is -2.39.